The number of pyridine rings is 2. The van der Waals surface area contributed by atoms with E-state index >= 15 is 0 Å². The van der Waals surface area contributed by atoms with E-state index in [4.69, 9.17) is 4.98 Å². The minimum Gasteiger partial charge on any atom is -0.395 e. The Morgan fingerprint density at radius 2 is 1.87 bits per heavy atom. The molecule has 0 aliphatic heterocycles. The second-order valence-corrected chi connectivity index (χ2v) is 8.78. The number of hydrogen-bond acceptors (Lipinski definition) is 6. The maximum absolute atomic E-state index is 12.6. The summed E-state index contributed by atoms with van der Waals surface area (Å²) in [5, 5.41) is 12.9. The highest BCUT2D eigenvalue weighted by Gasteiger charge is 2.20. The van der Waals surface area contributed by atoms with Gasteiger partial charge < -0.3 is 5.11 Å². The van der Waals surface area contributed by atoms with Crippen LogP contribution in [0.1, 0.15) is 35.3 Å². The van der Waals surface area contributed by atoms with Crippen molar-refractivity contribution in [2.24, 2.45) is 0 Å². The van der Waals surface area contributed by atoms with Crippen LogP contribution in [0, 0.1) is 6.92 Å². The van der Waals surface area contributed by atoms with Gasteiger partial charge in [0.25, 0.3) is 5.91 Å². The number of aliphatic hydroxyl groups excluding tert-OH is 1. The smallest absolute Gasteiger partial charge is 0.257 e. The molecule has 0 spiro atoms. The number of aliphatic hydroxyl groups is 1. The zero-order valence-electron chi connectivity index (χ0n) is 17.0. The number of fused-ring (bicyclic) bond motifs is 1. The fourth-order valence-electron chi connectivity index (χ4n) is 3.11. The lowest BCUT2D eigenvalue weighted by atomic mass is 9.85. The average molecular weight is 419 g/mol. The first-order chi connectivity index (χ1) is 14.4. The molecule has 6 nitrogen and oxygen atoms in total. The van der Waals surface area contributed by atoms with Gasteiger partial charge in [-0.1, -0.05) is 37.3 Å². The van der Waals surface area contributed by atoms with E-state index in [9.17, 15) is 9.90 Å². The van der Waals surface area contributed by atoms with Crippen molar-refractivity contribution in [2.75, 3.05) is 11.9 Å². The fraction of sp³-hybridized carbons (Fsp3) is 0.217. The SMILES string of the molecule is Cc1cnccc1-c1ccc2nc(NC(=O)c3ccc(C(C)(C)CO)cc3)sc2n1. The molecule has 7 heteroatoms. The zero-order chi connectivity index (χ0) is 21.3. The predicted octanol–water partition coefficient (Wildman–Crippen LogP) is 4.58. The van der Waals surface area contributed by atoms with E-state index in [0.717, 1.165) is 32.7 Å². The molecule has 0 atom stereocenters. The van der Waals surface area contributed by atoms with Crippen molar-refractivity contribution in [2.45, 2.75) is 26.2 Å². The third-order valence-electron chi connectivity index (χ3n) is 5.10. The molecular weight excluding hydrogens is 396 g/mol. The summed E-state index contributed by atoms with van der Waals surface area (Å²) in [5.74, 6) is -0.229. The van der Waals surface area contributed by atoms with Crippen LogP contribution in [0.4, 0.5) is 5.13 Å². The average Bonchev–Trinajstić information content (AvgIpc) is 3.15. The summed E-state index contributed by atoms with van der Waals surface area (Å²) in [6, 6.07) is 13.0. The Kier molecular flexibility index (Phi) is 5.32. The van der Waals surface area contributed by atoms with Gasteiger partial charge in [-0.3, -0.25) is 15.1 Å². The summed E-state index contributed by atoms with van der Waals surface area (Å²) < 4.78 is 0. The van der Waals surface area contributed by atoms with Crippen molar-refractivity contribution in [3.8, 4) is 11.3 Å². The Bertz CT molecular complexity index is 1220. The molecule has 0 unspecified atom stereocenters. The van der Waals surface area contributed by atoms with Crippen molar-refractivity contribution in [3.63, 3.8) is 0 Å². The second-order valence-electron chi connectivity index (χ2n) is 7.80. The predicted molar refractivity (Wildman–Crippen MR) is 120 cm³/mol. The van der Waals surface area contributed by atoms with E-state index in [1.807, 2.05) is 57.3 Å². The number of benzene rings is 1. The largest absolute Gasteiger partial charge is 0.395 e. The van der Waals surface area contributed by atoms with Crippen LogP contribution in [0.25, 0.3) is 21.6 Å². The normalized spacial score (nSPS) is 11.6. The molecule has 0 radical (unpaired) electrons. The first-order valence-electron chi connectivity index (χ1n) is 9.59. The maximum atomic E-state index is 12.6. The summed E-state index contributed by atoms with van der Waals surface area (Å²) >= 11 is 1.34. The number of carbonyl (C=O) groups excluding carboxylic acids is 1. The van der Waals surface area contributed by atoms with Crippen LogP contribution in [0.3, 0.4) is 0 Å². The van der Waals surface area contributed by atoms with Crippen LogP contribution < -0.4 is 5.32 Å². The van der Waals surface area contributed by atoms with Crippen LogP contribution in [0.2, 0.25) is 0 Å². The summed E-state index contributed by atoms with van der Waals surface area (Å²) in [7, 11) is 0. The molecule has 0 aliphatic rings. The number of nitrogens with zero attached hydrogens (tertiary/aromatic N) is 3. The zero-order valence-corrected chi connectivity index (χ0v) is 17.8. The highest BCUT2D eigenvalue weighted by atomic mass is 32.1. The van der Waals surface area contributed by atoms with E-state index in [-0.39, 0.29) is 17.9 Å². The van der Waals surface area contributed by atoms with Crippen molar-refractivity contribution >= 4 is 32.7 Å². The first kappa shape index (κ1) is 20.1. The van der Waals surface area contributed by atoms with E-state index < -0.39 is 0 Å². The van der Waals surface area contributed by atoms with Crippen molar-refractivity contribution in [1.29, 1.82) is 0 Å². The maximum Gasteiger partial charge on any atom is 0.257 e. The Morgan fingerprint density at radius 3 is 2.57 bits per heavy atom. The van der Waals surface area contributed by atoms with Gasteiger partial charge in [-0.2, -0.15) is 0 Å². The van der Waals surface area contributed by atoms with Crippen LogP contribution in [0.5, 0.6) is 0 Å². The molecular formula is C23H22N4O2S. The molecule has 4 rings (SSSR count). The Balaban J connectivity index is 1.55. The van der Waals surface area contributed by atoms with Crippen LogP contribution in [0.15, 0.2) is 54.9 Å². The number of carbonyl (C=O) groups is 1. The van der Waals surface area contributed by atoms with E-state index in [1.54, 1.807) is 18.3 Å². The summed E-state index contributed by atoms with van der Waals surface area (Å²) in [5.41, 5.74) is 4.83. The molecule has 1 aromatic carbocycles. The van der Waals surface area contributed by atoms with E-state index in [0.29, 0.717) is 10.7 Å². The third-order valence-corrected chi connectivity index (χ3v) is 5.98. The molecule has 4 aromatic rings. The van der Waals surface area contributed by atoms with E-state index in [2.05, 4.69) is 15.3 Å². The van der Waals surface area contributed by atoms with Gasteiger partial charge in [-0.15, -0.1) is 0 Å². The van der Waals surface area contributed by atoms with Crippen LogP contribution in [-0.2, 0) is 5.41 Å². The van der Waals surface area contributed by atoms with Crippen molar-refractivity contribution in [1.82, 2.24) is 15.0 Å². The standard InChI is InChI=1S/C23H22N4O2S/c1-14-12-24-11-10-17(14)18-8-9-19-21(25-18)30-22(26-19)27-20(29)15-4-6-16(7-5-15)23(2,3)13-28/h4-12,28H,13H2,1-3H3,(H,26,27,29). The van der Waals surface area contributed by atoms with Crippen molar-refractivity contribution in [3.05, 3.63) is 71.5 Å². The molecule has 0 bridgehead atoms. The highest BCUT2D eigenvalue weighted by Crippen LogP contribution is 2.29. The van der Waals surface area contributed by atoms with Crippen LogP contribution >= 0.6 is 11.3 Å². The summed E-state index contributed by atoms with van der Waals surface area (Å²) in [4.78, 5) is 26.7. The Morgan fingerprint density at radius 1 is 1.10 bits per heavy atom. The van der Waals surface area contributed by atoms with Crippen molar-refractivity contribution < 1.29 is 9.90 Å². The number of anilines is 1. The lowest BCUT2D eigenvalue weighted by Gasteiger charge is -2.22. The number of nitrogens with one attached hydrogen (secondary N) is 1. The lowest BCUT2D eigenvalue weighted by molar-refractivity contribution is 0.102. The lowest BCUT2D eigenvalue weighted by Crippen LogP contribution is -2.22. The van der Waals surface area contributed by atoms with Gasteiger partial charge in [0.1, 0.15) is 10.3 Å². The first-order valence-corrected chi connectivity index (χ1v) is 10.4. The van der Waals surface area contributed by atoms with Gasteiger partial charge >= 0.3 is 0 Å². The molecule has 3 heterocycles. The van der Waals surface area contributed by atoms with Crippen LogP contribution in [-0.4, -0.2) is 32.6 Å². The summed E-state index contributed by atoms with van der Waals surface area (Å²) in [6.07, 6.45) is 3.56. The fourth-order valence-corrected chi connectivity index (χ4v) is 3.95. The van der Waals surface area contributed by atoms with Gasteiger partial charge in [-0.25, -0.2) is 9.97 Å². The molecule has 0 aliphatic carbocycles. The third kappa shape index (κ3) is 3.94. The minimum absolute atomic E-state index is 0.0399. The molecule has 0 fully saturated rings. The van der Waals surface area contributed by atoms with Gasteiger partial charge in [0.15, 0.2) is 5.13 Å². The number of aryl methyl sites for hydroxylation is 1. The number of rotatable bonds is 5. The topological polar surface area (TPSA) is 88.0 Å². The molecule has 2 N–H and O–H groups in total. The molecule has 3 aromatic heterocycles. The second kappa shape index (κ2) is 7.93. The van der Waals surface area contributed by atoms with Gasteiger partial charge in [0.05, 0.1) is 12.3 Å². The Hall–Kier alpha value is -3.16. The minimum atomic E-state index is -0.349. The molecule has 0 saturated heterocycles. The Labute approximate surface area is 178 Å². The quantitative estimate of drug-likeness (QED) is 0.495. The molecule has 0 saturated carbocycles. The number of thiazole rings is 1. The number of hydrogen-bond donors (Lipinski definition) is 2. The monoisotopic (exact) mass is 418 g/mol. The summed E-state index contributed by atoms with van der Waals surface area (Å²) in [6.45, 7) is 5.95. The van der Waals surface area contributed by atoms with Gasteiger partial charge in [0.2, 0.25) is 0 Å². The van der Waals surface area contributed by atoms with E-state index in [1.165, 1.54) is 11.3 Å². The number of aromatic nitrogens is 3. The highest BCUT2D eigenvalue weighted by molar-refractivity contribution is 7.22. The molecule has 30 heavy (non-hydrogen) atoms. The molecule has 1 amide bonds. The number of amides is 1. The van der Waals surface area contributed by atoms with Gasteiger partial charge in [0, 0.05) is 28.9 Å². The molecule has 152 valence electrons. The van der Waals surface area contributed by atoms with Gasteiger partial charge in [-0.05, 0) is 48.4 Å².